The molecule has 3 heterocycles. The molecule has 0 saturated heterocycles. The molecule has 7 nitrogen and oxygen atoms in total. The topological polar surface area (TPSA) is 69.6 Å². The highest BCUT2D eigenvalue weighted by molar-refractivity contribution is 7.11. The molecule has 190 valence electrons. The van der Waals surface area contributed by atoms with Crippen molar-refractivity contribution in [1.82, 2.24) is 14.9 Å². The summed E-state index contributed by atoms with van der Waals surface area (Å²) in [5.41, 5.74) is 3.82. The van der Waals surface area contributed by atoms with Gasteiger partial charge in [-0.3, -0.25) is 19.5 Å². The fourth-order valence-electron chi connectivity index (χ4n) is 4.77. The Bertz CT molecular complexity index is 1250. The van der Waals surface area contributed by atoms with Crippen LogP contribution >= 0.6 is 11.3 Å². The number of pyridine rings is 1. The van der Waals surface area contributed by atoms with Gasteiger partial charge in [-0.25, -0.2) is 4.98 Å². The minimum Gasteiger partial charge on any atom is -0.313 e. The first-order valence-corrected chi connectivity index (χ1v) is 13.2. The predicted octanol–water partition coefficient (Wildman–Crippen LogP) is 4.76. The second-order valence-electron chi connectivity index (χ2n) is 9.93. The van der Waals surface area contributed by atoms with Crippen molar-refractivity contribution >= 4 is 34.5 Å². The Hall–Kier alpha value is -3.10. The lowest BCUT2D eigenvalue weighted by Crippen LogP contribution is -2.47. The van der Waals surface area contributed by atoms with Gasteiger partial charge in [0.2, 0.25) is 11.8 Å². The van der Waals surface area contributed by atoms with Gasteiger partial charge in [0.15, 0.2) is 0 Å². The van der Waals surface area contributed by atoms with Crippen LogP contribution in [0.25, 0.3) is 0 Å². The van der Waals surface area contributed by atoms with Crippen molar-refractivity contribution in [3.8, 4) is 0 Å². The molecule has 0 aliphatic carbocycles. The largest absolute Gasteiger partial charge is 0.313 e. The monoisotopic (exact) mass is 505 g/mol. The fourth-order valence-corrected chi connectivity index (χ4v) is 5.75. The Kier molecular flexibility index (Phi) is 7.57. The van der Waals surface area contributed by atoms with Crippen molar-refractivity contribution in [2.45, 2.75) is 54.1 Å². The summed E-state index contributed by atoms with van der Waals surface area (Å²) in [7, 11) is 1.77. The Morgan fingerprint density at radius 2 is 1.81 bits per heavy atom. The van der Waals surface area contributed by atoms with Crippen molar-refractivity contribution in [1.29, 1.82) is 0 Å². The first-order chi connectivity index (χ1) is 17.1. The van der Waals surface area contributed by atoms with Gasteiger partial charge >= 0.3 is 0 Å². The van der Waals surface area contributed by atoms with Crippen LogP contribution in [0.3, 0.4) is 0 Å². The van der Waals surface area contributed by atoms with Crippen LogP contribution in [-0.2, 0) is 29.1 Å². The number of aryl methyl sites for hydroxylation is 2. The maximum absolute atomic E-state index is 13.2. The van der Waals surface area contributed by atoms with E-state index < -0.39 is 5.41 Å². The van der Waals surface area contributed by atoms with Crippen molar-refractivity contribution in [3.63, 3.8) is 0 Å². The smallest absolute Gasteiger partial charge is 0.242 e. The lowest BCUT2D eigenvalue weighted by atomic mass is 9.90. The number of hydrogen-bond donors (Lipinski definition) is 0. The number of hydrogen-bond acceptors (Lipinski definition) is 6. The number of rotatable bonds is 8. The number of aromatic nitrogens is 2. The summed E-state index contributed by atoms with van der Waals surface area (Å²) < 4.78 is 0. The van der Waals surface area contributed by atoms with Gasteiger partial charge in [-0.05, 0) is 70.4 Å². The molecule has 2 amide bonds. The molecule has 8 heteroatoms. The summed E-state index contributed by atoms with van der Waals surface area (Å²) in [5, 5.41) is 1.08. The average Bonchev–Trinajstić information content (AvgIpc) is 3.16. The molecular weight excluding hydrogens is 470 g/mol. The number of thiazole rings is 1. The molecule has 3 aromatic rings. The number of benzene rings is 1. The van der Waals surface area contributed by atoms with Gasteiger partial charge in [0.25, 0.3) is 0 Å². The first-order valence-electron chi connectivity index (χ1n) is 12.4. The van der Waals surface area contributed by atoms with Gasteiger partial charge < -0.3 is 9.80 Å². The average molecular weight is 506 g/mol. The summed E-state index contributed by atoms with van der Waals surface area (Å²) in [5.74, 6) is -0.353. The molecular formula is C28H35N5O2S. The van der Waals surface area contributed by atoms with Gasteiger partial charge in [0.1, 0.15) is 5.41 Å². The second-order valence-corrected chi connectivity index (χ2v) is 11.2. The molecule has 0 fully saturated rings. The van der Waals surface area contributed by atoms with Crippen molar-refractivity contribution < 1.29 is 9.59 Å². The summed E-state index contributed by atoms with van der Waals surface area (Å²) in [6.07, 6.45) is 4.60. The fraction of sp³-hybridized carbons (Fsp3) is 0.429. The standard InChI is InChI=1S/C28H35N5O2S/c1-7-33-23-11-10-22(15-24(23)31(6)26(34)28(4,5)27(33)35)17-32(14-12-21-9-8-13-29-16-21)18-25-19(2)30-20(3)36-25/h8-11,13,15-16H,7,12,14,17-18H2,1-6H3. The highest BCUT2D eigenvalue weighted by Crippen LogP contribution is 2.39. The summed E-state index contributed by atoms with van der Waals surface area (Å²) in [4.78, 5) is 42.4. The van der Waals surface area contributed by atoms with Crippen LogP contribution in [0, 0.1) is 19.3 Å². The minimum absolute atomic E-state index is 0.164. The molecule has 1 aliphatic heterocycles. The van der Waals surface area contributed by atoms with E-state index in [0.717, 1.165) is 53.7 Å². The SMILES string of the molecule is CCN1C(=O)C(C)(C)C(=O)N(C)c2cc(CN(CCc3cccnc3)Cc3sc(C)nc3C)ccc21. The van der Waals surface area contributed by atoms with Crippen molar-refractivity contribution in [3.05, 3.63) is 69.4 Å². The third-order valence-corrected chi connectivity index (χ3v) is 7.90. The number of anilines is 2. The molecule has 0 bridgehead atoms. The van der Waals surface area contributed by atoms with Crippen LogP contribution in [0.1, 0.15) is 47.5 Å². The molecule has 0 N–H and O–H groups in total. The van der Waals surface area contributed by atoms with E-state index in [2.05, 4.69) is 40.0 Å². The zero-order valence-electron chi connectivity index (χ0n) is 22.0. The van der Waals surface area contributed by atoms with E-state index in [1.165, 1.54) is 10.4 Å². The van der Waals surface area contributed by atoms with E-state index in [1.807, 2.05) is 32.2 Å². The zero-order chi connectivity index (χ0) is 26.0. The third kappa shape index (κ3) is 5.20. The van der Waals surface area contributed by atoms with Crippen LogP contribution in [-0.4, -0.2) is 46.8 Å². The van der Waals surface area contributed by atoms with Crippen molar-refractivity contribution in [2.75, 3.05) is 29.9 Å². The molecule has 0 saturated carbocycles. The molecule has 0 atom stereocenters. The number of amides is 2. The van der Waals surface area contributed by atoms with E-state index in [-0.39, 0.29) is 11.8 Å². The molecule has 0 unspecified atom stereocenters. The van der Waals surface area contributed by atoms with Crippen LogP contribution in [0.15, 0.2) is 42.7 Å². The lowest BCUT2D eigenvalue weighted by Gasteiger charge is -2.27. The van der Waals surface area contributed by atoms with E-state index in [9.17, 15) is 9.59 Å². The third-order valence-electron chi connectivity index (χ3n) is 6.84. The summed E-state index contributed by atoms with van der Waals surface area (Å²) in [6, 6.07) is 10.2. The predicted molar refractivity (Wildman–Crippen MR) is 145 cm³/mol. The molecule has 1 aromatic carbocycles. The maximum Gasteiger partial charge on any atom is 0.242 e. The lowest BCUT2D eigenvalue weighted by molar-refractivity contribution is -0.137. The Morgan fingerprint density at radius 1 is 1.03 bits per heavy atom. The molecule has 1 aliphatic rings. The number of carbonyl (C=O) groups is 2. The second kappa shape index (κ2) is 10.5. The van der Waals surface area contributed by atoms with E-state index in [0.29, 0.717) is 6.54 Å². The highest BCUT2D eigenvalue weighted by atomic mass is 32.1. The number of nitrogens with zero attached hydrogens (tertiary/aromatic N) is 5. The maximum atomic E-state index is 13.2. The Morgan fingerprint density at radius 3 is 2.44 bits per heavy atom. The molecule has 4 rings (SSSR count). The van der Waals surface area contributed by atoms with Crippen molar-refractivity contribution in [2.24, 2.45) is 5.41 Å². The van der Waals surface area contributed by atoms with Crippen LogP contribution in [0.4, 0.5) is 11.4 Å². The van der Waals surface area contributed by atoms with Crippen LogP contribution in [0.5, 0.6) is 0 Å². The first kappa shape index (κ1) is 26.0. The van der Waals surface area contributed by atoms with E-state index >= 15 is 0 Å². The molecule has 0 spiro atoms. The van der Waals surface area contributed by atoms with Crippen LogP contribution < -0.4 is 9.80 Å². The zero-order valence-corrected chi connectivity index (χ0v) is 22.9. The van der Waals surface area contributed by atoms with Gasteiger partial charge in [-0.2, -0.15) is 0 Å². The molecule has 36 heavy (non-hydrogen) atoms. The molecule has 2 aromatic heterocycles. The summed E-state index contributed by atoms with van der Waals surface area (Å²) >= 11 is 1.74. The normalized spacial score (nSPS) is 15.4. The molecule has 0 radical (unpaired) electrons. The van der Waals surface area contributed by atoms with Gasteiger partial charge in [-0.1, -0.05) is 12.1 Å². The summed E-state index contributed by atoms with van der Waals surface area (Å²) in [6.45, 7) is 12.4. The number of fused-ring (bicyclic) bond motifs is 1. The van der Waals surface area contributed by atoms with E-state index in [1.54, 1.807) is 48.2 Å². The van der Waals surface area contributed by atoms with Gasteiger partial charge in [0.05, 0.1) is 22.1 Å². The number of carbonyl (C=O) groups excluding carboxylic acids is 2. The highest BCUT2D eigenvalue weighted by Gasteiger charge is 2.45. The van der Waals surface area contributed by atoms with Gasteiger partial charge in [-0.15, -0.1) is 11.3 Å². The minimum atomic E-state index is -1.11. The van der Waals surface area contributed by atoms with Gasteiger partial charge in [0, 0.05) is 50.5 Å². The Labute approximate surface area is 217 Å². The Balaban J connectivity index is 1.64. The van der Waals surface area contributed by atoms with E-state index in [4.69, 9.17) is 0 Å². The van der Waals surface area contributed by atoms with Crippen LogP contribution in [0.2, 0.25) is 0 Å². The quantitative estimate of drug-likeness (QED) is 0.413.